The lowest BCUT2D eigenvalue weighted by atomic mass is 9.90. The van der Waals surface area contributed by atoms with Gasteiger partial charge >= 0.3 is 6.09 Å². The molecule has 1 amide bonds. The summed E-state index contributed by atoms with van der Waals surface area (Å²) >= 11 is 0. The van der Waals surface area contributed by atoms with E-state index in [0.29, 0.717) is 12.6 Å². The van der Waals surface area contributed by atoms with Gasteiger partial charge in [-0.05, 0) is 18.9 Å². The highest BCUT2D eigenvalue weighted by molar-refractivity contribution is 5.70. The monoisotopic (exact) mass is 369 g/mol. The Hall–Kier alpha value is -2.41. The van der Waals surface area contributed by atoms with Gasteiger partial charge in [-0.25, -0.2) is 9.78 Å². The Morgan fingerprint density at radius 2 is 2.00 bits per heavy atom. The zero-order valence-electron chi connectivity index (χ0n) is 15.8. The molecule has 7 heteroatoms. The third-order valence-electron chi connectivity index (χ3n) is 5.80. The molecule has 2 saturated heterocycles. The van der Waals surface area contributed by atoms with E-state index in [1.807, 2.05) is 27.8 Å². The number of ether oxygens (including phenoxy) is 1. The summed E-state index contributed by atoms with van der Waals surface area (Å²) in [5, 5.41) is 4.19. The van der Waals surface area contributed by atoms with Crippen molar-refractivity contribution in [2.45, 2.75) is 44.4 Å². The number of nitrogens with zero attached hydrogens (tertiary/aromatic N) is 5. The summed E-state index contributed by atoms with van der Waals surface area (Å²) in [6.45, 7) is 6.36. The third kappa shape index (κ3) is 4.13. The van der Waals surface area contributed by atoms with E-state index in [9.17, 15) is 4.79 Å². The van der Waals surface area contributed by atoms with Crippen LogP contribution in [0.15, 0.2) is 43.0 Å². The lowest BCUT2D eigenvalue weighted by Crippen LogP contribution is -2.50. The molecule has 0 radical (unpaired) electrons. The molecule has 0 aliphatic carbocycles. The first-order valence-electron chi connectivity index (χ1n) is 9.72. The number of carbonyl (C=O) groups is 1. The molecular formula is C20H27N5O2. The molecule has 27 heavy (non-hydrogen) atoms. The van der Waals surface area contributed by atoms with Crippen LogP contribution < -0.4 is 0 Å². The Bertz CT molecular complexity index is 741. The molecule has 2 aliphatic heterocycles. The van der Waals surface area contributed by atoms with Gasteiger partial charge in [0.15, 0.2) is 0 Å². The second kappa shape index (κ2) is 7.68. The molecule has 0 bridgehead atoms. The molecule has 2 aliphatic rings. The average molecular weight is 369 g/mol. The number of likely N-dealkylation sites (tertiary alicyclic amines) is 1. The van der Waals surface area contributed by atoms with Gasteiger partial charge in [0.05, 0.1) is 13.1 Å². The van der Waals surface area contributed by atoms with Crippen molar-refractivity contribution in [3.05, 3.63) is 48.5 Å². The van der Waals surface area contributed by atoms with Gasteiger partial charge in [0, 0.05) is 38.5 Å². The van der Waals surface area contributed by atoms with Gasteiger partial charge in [-0.2, -0.15) is 5.10 Å². The quantitative estimate of drug-likeness (QED) is 0.781. The van der Waals surface area contributed by atoms with E-state index in [2.05, 4.69) is 34.0 Å². The largest absolute Gasteiger partial charge is 0.441 e. The highest BCUT2D eigenvalue weighted by atomic mass is 16.6. The fraction of sp³-hybridized carbons (Fsp3) is 0.550. The van der Waals surface area contributed by atoms with Crippen LogP contribution in [-0.2, 0) is 17.7 Å². The Morgan fingerprint density at radius 3 is 2.70 bits per heavy atom. The first-order valence-corrected chi connectivity index (χ1v) is 9.72. The molecule has 2 aromatic rings. The topological polar surface area (TPSA) is 63.5 Å². The van der Waals surface area contributed by atoms with Crippen molar-refractivity contribution in [3.63, 3.8) is 0 Å². The van der Waals surface area contributed by atoms with E-state index >= 15 is 0 Å². The van der Waals surface area contributed by atoms with Crippen LogP contribution in [0.1, 0.15) is 25.3 Å². The van der Waals surface area contributed by atoms with Crippen LogP contribution in [0.4, 0.5) is 4.79 Å². The number of aromatic nitrogens is 3. The normalized spacial score (nSPS) is 20.8. The Labute approximate surface area is 159 Å². The Balaban J connectivity index is 1.28. The summed E-state index contributed by atoms with van der Waals surface area (Å²) in [7, 11) is 0. The Kier molecular flexibility index (Phi) is 5.11. The highest BCUT2D eigenvalue weighted by Gasteiger charge is 2.47. The summed E-state index contributed by atoms with van der Waals surface area (Å²) in [5.41, 5.74) is 0.944. The molecule has 0 saturated carbocycles. The van der Waals surface area contributed by atoms with E-state index in [-0.39, 0.29) is 11.7 Å². The fourth-order valence-corrected chi connectivity index (χ4v) is 4.12. The van der Waals surface area contributed by atoms with Crippen molar-refractivity contribution in [3.8, 4) is 0 Å². The van der Waals surface area contributed by atoms with E-state index in [4.69, 9.17) is 4.74 Å². The zero-order valence-corrected chi connectivity index (χ0v) is 15.8. The molecule has 1 spiro atoms. The molecule has 7 nitrogen and oxygen atoms in total. The standard InChI is InChI=1S/C20H27N5O2/c1-17(13-25-16-21-15-22-25)23-11-8-20(9-12-23)14-24(19(26)27-20)10-7-18-5-3-2-4-6-18/h2-6,15-17H,7-14H2,1H3/t17-/m0/s1. The van der Waals surface area contributed by atoms with E-state index in [1.54, 1.807) is 12.7 Å². The number of piperidine rings is 1. The second-order valence-electron chi connectivity index (χ2n) is 7.71. The van der Waals surface area contributed by atoms with Gasteiger partial charge < -0.3 is 9.64 Å². The van der Waals surface area contributed by atoms with Gasteiger partial charge in [0.2, 0.25) is 0 Å². The molecule has 0 N–H and O–H groups in total. The van der Waals surface area contributed by atoms with Crippen molar-refractivity contribution < 1.29 is 9.53 Å². The van der Waals surface area contributed by atoms with Crippen LogP contribution in [-0.4, -0.2) is 68.5 Å². The zero-order chi connectivity index (χ0) is 18.7. The molecule has 1 atom stereocenters. The maximum atomic E-state index is 12.4. The van der Waals surface area contributed by atoms with Crippen LogP contribution in [0, 0.1) is 0 Å². The van der Waals surface area contributed by atoms with Crippen LogP contribution in [0.25, 0.3) is 0 Å². The maximum absolute atomic E-state index is 12.4. The predicted molar refractivity (Wildman–Crippen MR) is 101 cm³/mol. The molecule has 2 fully saturated rings. The van der Waals surface area contributed by atoms with Crippen LogP contribution >= 0.6 is 0 Å². The van der Waals surface area contributed by atoms with Gasteiger partial charge in [0.1, 0.15) is 18.3 Å². The van der Waals surface area contributed by atoms with Gasteiger partial charge in [-0.15, -0.1) is 0 Å². The van der Waals surface area contributed by atoms with Gasteiger partial charge in [0.25, 0.3) is 0 Å². The van der Waals surface area contributed by atoms with Crippen molar-refractivity contribution in [1.29, 1.82) is 0 Å². The van der Waals surface area contributed by atoms with E-state index in [1.165, 1.54) is 5.56 Å². The number of rotatable bonds is 6. The minimum absolute atomic E-state index is 0.157. The minimum atomic E-state index is -0.308. The SMILES string of the molecule is C[C@@H](Cn1cncn1)N1CCC2(CC1)CN(CCc1ccccc1)C(=O)O2. The lowest BCUT2D eigenvalue weighted by molar-refractivity contribution is -0.0102. The molecular weight excluding hydrogens is 342 g/mol. The van der Waals surface area contributed by atoms with Crippen LogP contribution in [0.5, 0.6) is 0 Å². The van der Waals surface area contributed by atoms with Gasteiger partial charge in [-0.3, -0.25) is 9.58 Å². The Morgan fingerprint density at radius 1 is 1.22 bits per heavy atom. The minimum Gasteiger partial charge on any atom is -0.441 e. The van der Waals surface area contributed by atoms with Crippen molar-refractivity contribution >= 4 is 6.09 Å². The highest BCUT2D eigenvalue weighted by Crippen LogP contribution is 2.34. The predicted octanol–water partition coefficient (Wildman–Crippen LogP) is 2.20. The lowest BCUT2D eigenvalue weighted by Gasteiger charge is -2.40. The summed E-state index contributed by atoms with van der Waals surface area (Å²) in [4.78, 5) is 20.7. The van der Waals surface area contributed by atoms with E-state index < -0.39 is 0 Å². The molecule has 1 aromatic carbocycles. The third-order valence-corrected chi connectivity index (χ3v) is 5.80. The van der Waals surface area contributed by atoms with Crippen molar-refractivity contribution in [2.75, 3.05) is 26.2 Å². The number of amides is 1. The van der Waals surface area contributed by atoms with E-state index in [0.717, 1.165) is 45.4 Å². The molecule has 1 aromatic heterocycles. The van der Waals surface area contributed by atoms with Crippen molar-refractivity contribution in [1.82, 2.24) is 24.6 Å². The maximum Gasteiger partial charge on any atom is 0.410 e. The first-order chi connectivity index (χ1) is 13.1. The van der Waals surface area contributed by atoms with Crippen molar-refractivity contribution in [2.24, 2.45) is 0 Å². The molecule has 144 valence electrons. The number of benzene rings is 1. The fourth-order valence-electron chi connectivity index (χ4n) is 4.12. The smallest absolute Gasteiger partial charge is 0.410 e. The summed E-state index contributed by atoms with van der Waals surface area (Å²) in [6.07, 6.45) is 5.82. The van der Waals surface area contributed by atoms with Gasteiger partial charge in [-0.1, -0.05) is 30.3 Å². The number of hydrogen-bond donors (Lipinski definition) is 0. The summed E-state index contributed by atoms with van der Waals surface area (Å²) in [5.74, 6) is 0. The average Bonchev–Trinajstić information content (AvgIpc) is 3.29. The molecule has 4 rings (SSSR count). The summed E-state index contributed by atoms with van der Waals surface area (Å²) < 4.78 is 7.73. The first kappa shape index (κ1) is 18.0. The summed E-state index contributed by atoms with van der Waals surface area (Å²) in [6, 6.07) is 10.7. The molecule has 0 unspecified atom stereocenters. The second-order valence-corrected chi connectivity index (χ2v) is 7.71. The van der Waals surface area contributed by atoms with Crippen LogP contribution in [0.2, 0.25) is 0 Å². The van der Waals surface area contributed by atoms with Crippen LogP contribution in [0.3, 0.4) is 0 Å². The molecule has 3 heterocycles. The number of carbonyl (C=O) groups excluding carboxylic acids is 1. The number of hydrogen-bond acceptors (Lipinski definition) is 5.